The van der Waals surface area contributed by atoms with Crippen LogP contribution in [0.4, 0.5) is 4.39 Å². The molecule has 3 nitrogen and oxygen atoms in total. The van der Waals surface area contributed by atoms with Gasteiger partial charge in [0.15, 0.2) is 0 Å². The first-order chi connectivity index (χ1) is 23.7. The molecule has 51 heavy (non-hydrogen) atoms. The Bertz CT molecular complexity index is 1670. The zero-order valence-corrected chi connectivity index (χ0v) is 34.9. The topological polar surface area (TPSA) is 69.1 Å². The van der Waals surface area contributed by atoms with E-state index in [1.165, 1.54) is 16.7 Å². The minimum Gasteiger partial charge on any atom is -0.327 e. The molecule has 2 aromatic rings. The van der Waals surface area contributed by atoms with E-state index in [0.29, 0.717) is 23.3 Å². The number of hydrogen-bond donors (Lipinski definition) is 2. The molecule has 3 saturated carbocycles. The van der Waals surface area contributed by atoms with Gasteiger partial charge in [-0.15, -0.1) is 11.1 Å². The van der Waals surface area contributed by atoms with Crippen LogP contribution in [0.5, 0.6) is 0 Å². The predicted octanol–water partition coefficient (Wildman–Crippen LogP) is 10.4. The summed E-state index contributed by atoms with van der Waals surface area (Å²) in [6.07, 6.45) is 14.5. The minimum atomic E-state index is -0.310. The Kier molecular flexibility index (Phi) is 13.2. The summed E-state index contributed by atoms with van der Waals surface area (Å²) < 4.78 is 14.5. The minimum absolute atomic E-state index is 0. The molecule has 6 rings (SSSR count). The van der Waals surface area contributed by atoms with Crippen molar-refractivity contribution in [2.75, 3.05) is 0 Å². The predicted molar refractivity (Wildman–Crippen MR) is 209 cm³/mol. The van der Waals surface area contributed by atoms with Gasteiger partial charge >= 0.3 is 0 Å². The largest absolute Gasteiger partial charge is 0.327 e. The Morgan fingerprint density at radius 1 is 1.22 bits per heavy atom. The van der Waals surface area contributed by atoms with Crippen molar-refractivity contribution < 1.29 is 9.18 Å². The maximum absolute atomic E-state index is 14.5. The third kappa shape index (κ3) is 7.52. The fourth-order valence-corrected chi connectivity index (χ4v) is 10.5. The fourth-order valence-electron chi connectivity index (χ4n) is 10.5. The van der Waals surface area contributed by atoms with Crippen LogP contribution in [0.3, 0.4) is 0 Å². The summed E-state index contributed by atoms with van der Waals surface area (Å²) in [7, 11) is 0. The molecule has 0 heterocycles. The van der Waals surface area contributed by atoms with Crippen molar-refractivity contribution in [3.8, 4) is 0 Å². The summed E-state index contributed by atoms with van der Waals surface area (Å²) in [4.78, 5) is 11.2. The van der Waals surface area contributed by atoms with E-state index in [0.717, 1.165) is 61.6 Å². The Labute approximate surface area is 302 Å². The first-order valence-corrected chi connectivity index (χ1v) is 19.0. The molecule has 281 valence electrons. The molecule has 9 atom stereocenters. The average Bonchev–Trinajstić information content (AvgIpc) is 3.37. The second-order valence-corrected chi connectivity index (χ2v) is 15.9. The second-order valence-electron chi connectivity index (χ2n) is 15.9. The molecule has 5 heteroatoms. The van der Waals surface area contributed by atoms with Gasteiger partial charge in [-0.25, -0.2) is 4.79 Å². The maximum atomic E-state index is 14.5. The van der Waals surface area contributed by atoms with Crippen LogP contribution in [-0.2, 0) is 17.6 Å². The number of nitrogens with two attached hydrogens (primary N) is 2. The smallest absolute Gasteiger partial charge is 0.132 e. The molecule has 0 aliphatic heterocycles. The molecule has 3 fully saturated rings. The van der Waals surface area contributed by atoms with Crippen molar-refractivity contribution >= 4 is 5.94 Å². The fraction of sp³-hybridized carbons (Fsp3) is 0.522. The van der Waals surface area contributed by atoms with E-state index < -0.39 is 0 Å². The van der Waals surface area contributed by atoms with Gasteiger partial charge in [0.1, 0.15) is 5.94 Å². The van der Waals surface area contributed by atoms with E-state index >= 15 is 0 Å². The van der Waals surface area contributed by atoms with Crippen molar-refractivity contribution in [2.45, 2.75) is 118 Å². The molecule has 4 N–H and O–H groups in total. The van der Waals surface area contributed by atoms with E-state index in [-0.39, 0.29) is 40.1 Å². The van der Waals surface area contributed by atoms with Gasteiger partial charge in [-0.2, -0.15) is 18.2 Å². The van der Waals surface area contributed by atoms with Crippen LogP contribution < -0.4 is 11.5 Å². The molecule has 7 unspecified atom stereocenters. The SMILES string of the molecule is C=CC(=C)C1[C@H](C)CC2C1(C)CC(N)C1C3(C)C=CC(=C=O)C=C3CCC12N.CC.CC[C@@H](C)c1[c-]ccc(CCc2cccc(C)c2)c1F.[Es]. The van der Waals surface area contributed by atoms with Crippen molar-refractivity contribution in [3.05, 3.63) is 125 Å². The average molecular weight is 930 g/mol. The number of halogens is 1. The summed E-state index contributed by atoms with van der Waals surface area (Å²) in [5.74, 6) is 3.72. The van der Waals surface area contributed by atoms with Crippen molar-refractivity contribution in [3.63, 3.8) is 0 Å². The molecule has 4 aliphatic carbocycles. The molecule has 0 spiro atoms. The van der Waals surface area contributed by atoms with Crippen LogP contribution in [0.1, 0.15) is 109 Å². The first kappa shape index (κ1) is 41.1. The molecule has 0 aromatic heterocycles. The Morgan fingerprint density at radius 3 is 2.55 bits per heavy atom. The van der Waals surface area contributed by atoms with Crippen LogP contribution >= 0.6 is 0 Å². The van der Waals surface area contributed by atoms with Gasteiger partial charge in [0.2, 0.25) is 0 Å². The van der Waals surface area contributed by atoms with Gasteiger partial charge in [-0.05, 0) is 92.3 Å². The number of benzene rings is 2. The van der Waals surface area contributed by atoms with Crippen LogP contribution in [0, 0.1) is 53.3 Å². The second kappa shape index (κ2) is 16.4. The summed E-state index contributed by atoms with van der Waals surface area (Å²) in [5.41, 5.74) is 21.0. The third-order valence-electron chi connectivity index (χ3n) is 12.8. The summed E-state index contributed by atoms with van der Waals surface area (Å²) in [6, 6.07) is 15.2. The van der Waals surface area contributed by atoms with E-state index in [1.807, 2.05) is 50.1 Å². The van der Waals surface area contributed by atoms with Gasteiger partial charge in [0, 0.05) is 28.7 Å². The van der Waals surface area contributed by atoms with E-state index in [1.54, 1.807) is 0 Å². The quantitative estimate of drug-likeness (QED) is 0.165. The van der Waals surface area contributed by atoms with E-state index in [9.17, 15) is 9.18 Å². The first-order valence-electron chi connectivity index (χ1n) is 19.0. The number of aryl methyl sites for hydroxylation is 3. The van der Waals surface area contributed by atoms with Crippen LogP contribution in [0.25, 0.3) is 0 Å². The Hall–Kier alpha value is -4.30. The molecular weight excluding hydrogens is 868 g/mol. The zero-order chi connectivity index (χ0) is 37.0. The number of rotatable bonds is 7. The van der Waals surface area contributed by atoms with Crippen molar-refractivity contribution in [1.82, 2.24) is 0 Å². The van der Waals surface area contributed by atoms with Gasteiger partial charge in [-0.3, -0.25) is 4.39 Å². The molecule has 1 radical (unpaired) electrons. The van der Waals surface area contributed by atoms with Gasteiger partial charge < -0.3 is 11.5 Å². The summed E-state index contributed by atoms with van der Waals surface area (Å²) in [6.45, 7) is 25.5. The number of carbonyl (C=O) groups excluding carboxylic acids is 1. The standard InChI is InChI=1S/C25H34N2O.C19H22F.C2H6.Es/c1-6-15(2)21-16(3)11-20-24(21,5)13-19(26)22-23(4)9-7-17(14-28)12-18(23)8-10-25(20,22)27;1-4-15(3)18-10-6-9-17(19(18)20)12-11-16-8-5-7-14(2)13-16;1-2;/h6-7,9,12,16,19-22H,1-2,8,10-11,13,26-27H2,3-5H3;5-9,13,15H,4,11-12H2,1-3H3;1-2H3;/q;-1;;/t16-,19?,20?,21?,22?,23?,24?,25?;15-;;/m11../s1. The number of hydrogen-bond acceptors (Lipinski definition) is 3. The number of fused-ring (bicyclic) bond motifs is 5. The van der Waals surface area contributed by atoms with Gasteiger partial charge in [-0.1, -0.05) is 121 Å². The van der Waals surface area contributed by atoms with Crippen LogP contribution in [0.2, 0.25) is 0 Å². The molecule has 0 bridgehead atoms. The normalized spacial score (nSPS) is 32.1. The van der Waals surface area contributed by atoms with Crippen molar-refractivity contribution in [1.29, 1.82) is 0 Å². The Balaban J connectivity index is 0.000000271. The monoisotopic (exact) mass is 930 g/mol. The maximum Gasteiger partial charge on any atom is 0.132 e. The molecular formula is C46H62EsFN2O-. The van der Waals surface area contributed by atoms with Gasteiger partial charge in [0.25, 0.3) is 0 Å². The van der Waals surface area contributed by atoms with Gasteiger partial charge in [0.05, 0.1) is 5.57 Å². The molecule has 0 amide bonds. The number of allylic oxidation sites excluding steroid dienone is 7. The van der Waals surface area contributed by atoms with Crippen molar-refractivity contribution in [2.24, 2.45) is 46.0 Å². The summed E-state index contributed by atoms with van der Waals surface area (Å²) >= 11 is 0. The van der Waals surface area contributed by atoms with E-state index in [4.69, 9.17) is 11.5 Å². The zero-order valence-electron chi connectivity index (χ0n) is 32.3. The molecule has 4 aliphatic rings. The third-order valence-corrected chi connectivity index (χ3v) is 12.8. The summed E-state index contributed by atoms with van der Waals surface area (Å²) in [5, 5.41) is 0. The molecule has 2 aromatic carbocycles. The van der Waals surface area contributed by atoms with E-state index in [2.05, 4.69) is 91.1 Å². The van der Waals surface area contributed by atoms with Crippen LogP contribution in [0.15, 0.2) is 90.6 Å². The van der Waals surface area contributed by atoms with Crippen LogP contribution in [-0.4, -0.2) is 17.5 Å². The molecule has 0 saturated heterocycles. The Morgan fingerprint density at radius 2 is 1.92 bits per heavy atom.